The number of aromatic nitrogens is 2. The number of hydrogen-bond acceptors (Lipinski definition) is 5. The first-order valence-electron chi connectivity index (χ1n) is 6.51. The summed E-state index contributed by atoms with van der Waals surface area (Å²) < 4.78 is 5.07. The smallest absolute Gasteiger partial charge is 0.312 e. The van der Waals surface area contributed by atoms with Crippen molar-refractivity contribution >= 4 is 11.9 Å². The van der Waals surface area contributed by atoms with Crippen molar-refractivity contribution in [2.45, 2.75) is 12.8 Å². The van der Waals surface area contributed by atoms with Crippen molar-refractivity contribution in [3.05, 3.63) is 47.7 Å². The fourth-order valence-electron chi connectivity index (χ4n) is 1.95. The average molecular weight is 287 g/mol. The predicted octanol–water partition coefficient (Wildman–Crippen LogP) is 2.07. The van der Waals surface area contributed by atoms with Gasteiger partial charge in [0.15, 0.2) is 0 Å². The van der Waals surface area contributed by atoms with Gasteiger partial charge in [-0.1, -0.05) is 30.3 Å². The zero-order valence-electron chi connectivity index (χ0n) is 11.9. The number of rotatable bonds is 6. The maximum absolute atomic E-state index is 11.4. The highest BCUT2D eigenvalue weighted by atomic mass is 16.5. The summed E-state index contributed by atoms with van der Waals surface area (Å²) in [6.45, 7) is 2.02. The molecule has 1 aromatic carbocycles. The van der Waals surface area contributed by atoms with E-state index >= 15 is 0 Å². The maximum atomic E-state index is 11.4. The summed E-state index contributed by atoms with van der Waals surface area (Å²) in [5, 5.41) is 12.3. The lowest BCUT2D eigenvalue weighted by atomic mass is 9.99. The molecule has 2 N–H and O–H groups in total. The first-order valence-corrected chi connectivity index (χ1v) is 6.51. The lowest BCUT2D eigenvalue weighted by molar-refractivity contribution is -0.138. The number of ether oxygens (including phenoxy) is 1. The van der Waals surface area contributed by atoms with Crippen molar-refractivity contribution in [1.82, 2.24) is 9.97 Å². The number of anilines is 1. The van der Waals surface area contributed by atoms with Crippen molar-refractivity contribution in [1.29, 1.82) is 0 Å². The number of methoxy groups -OCH3 is 1. The Labute approximate surface area is 122 Å². The zero-order valence-corrected chi connectivity index (χ0v) is 11.9. The predicted molar refractivity (Wildman–Crippen MR) is 78.6 cm³/mol. The summed E-state index contributed by atoms with van der Waals surface area (Å²) in [4.78, 5) is 19.8. The third-order valence-corrected chi connectivity index (χ3v) is 3.00. The van der Waals surface area contributed by atoms with Crippen LogP contribution in [0.25, 0.3) is 0 Å². The van der Waals surface area contributed by atoms with Crippen LogP contribution >= 0.6 is 0 Å². The van der Waals surface area contributed by atoms with Gasteiger partial charge < -0.3 is 15.2 Å². The number of nitrogens with one attached hydrogen (secondary N) is 1. The second-order valence-electron chi connectivity index (χ2n) is 4.56. The summed E-state index contributed by atoms with van der Waals surface area (Å²) in [5.74, 6) is -0.764. The van der Waals surface area contributed by atoms with Gasteiger partial charge in [0.1, 0.15) is 0 Å². The Balaban J connectivity index is 2.13. The van der Waals surface area contributed by atoms with Gasteiger partial charge in [0.05, 0.1) is 13.0 Å². The molecule has 1 heterocycles. The molecule has 0 saturated heterocycles. The third-order valence-electron chi connectivity index (χ3n) is 3.00. The Hall–Kier alpha value is -2.63. The van der Waals surface area contributed by atoms with E-state index in [-0.39, 0.29) is 6.54 Å². The van der Waals surface area contributed by atoms with Gasteiger partial charge in [-0.25, -0.2) is 4.98 Å². The topological polar surface area (TPSA) is 84.3 Å². The Morgan fingerprint density at radius 3 is 2.67 bits per heavy atom. The first kappa shape index (κ1) is 14.8. The molecular formula is C15H17N3O3. The normalized spacial score (nSPS) is 11.7. The molecule has 0 aliphatic heterocycles. The SMILES string of the molecule is COc1cc(C)nc(NCC(C(=O)O)c2ccccc2)n1. The standard InChI is InChI=1S/C15H17N3O3/c1-10-8-13(21-2)18-15(17-10)16-9-12(14(19)20)11-6-4-3-5-7-11/h3-8,12H,9H2,1-2H3,(H,19,20)(H,16,17,18). The van der Waals surface area contributed by atoms with Crippen molar-refractivity contribution in [3.63, 3.8) is 0 Å². The molecule has 0 fully saturated rings. The molecular weight excluding hydrogens is 270 g/mol. The molecule has 21 heavy (non-hydrogen) atoms. The lowest BCUT2D eigenvalue weighted by Gasteiger charge is -2.14. The summed E-state index contributed by atoms with van der Waals surface area (Å²) in [5.41, 5.74) is 1.48. The second kappa shape index (κ2) is 6.69. The van der Waals surface area contributed by atoms with Crippen molar-refractivity contribution in [2.24, 2.45) is 0 Å². The van der Waals surface area contributed by atoms with Gasteiger partial charge in [0, 0.05) is 18.3 Å². The van der Waals surface area contributed by atoms with Crippen molar-refractivity contribution in [2.75, 3.05) is 19.0 Å². The molecule has 0 radical (unpaired) electrons. The zero-order chi connectivity index (χ0) is 15.2. The minimum Gasteiger partial charge on any atom is -0.481 e. The van der Waals surface area contributed by atoms with Crippen LogP contribution in [0.1, 0.15) is 17.2 Å². The van der Waals surface area contributed by atoms with Gasteiger partial charge in [0.2, 0.25) is 11.8 Å². The number of nitrogens with zero attached hydrogens (tertiary/aromatic N) is 2. The highest BCUT2D eigenvalue weighted by molar-refractivity contribution is 5.76. The van der Waals surface area contributed by atoms with Crippen LogP contribution in [-0.2, 0) is 4.79 Å². The van der Waals surface area contributed by atoms with Crippen LogP contribution in [0.5, 0.6) is 5.88 Å². The fourth-order valence-corrected chi connectivity index (χ4v) is 1.95. The quantitative estimate of drug-likeness (QED) is 0.846. The van der Waals surface area contributed by atoms with Crippen LogP contribution in [0.4, 0.5) is 5.95 Å². The van der Waals surface area contributed by atoms with E-state index in [0.29, 0.717) is 11.8 Å². The number of hydrogen-bond donors (Lipinski definition) is 2. The summed E-state index contributed by atoms with van der Waals surface area (Å²) in [7, 11) is 1.52. The van der Waals surface area contributed by atoms with Gasteiger partial charge >= 0.3 is 5.97 Å². The third kappa shape index (κ3) is 3.92. The molecule has 0 saturated carbocycles. The average Bonchev–Trinajstić information content (AvgIpc) is 2.47. The van der Waals surface area contributed by atoms with Crippen molar-refractivity contribution in [3.8, 4) is 5.88 Å². The Bertz CT molecular complexity index is 617. The minimum atomic E-state index is -0.895. The Morgan fingerprint density at radius 1 is 1.33 bits per heavy atom. The first-order chi connectivity index (χ1) is 10.1. The number of aliphatic carboxylic acids is 1. The van der Waals surface area contributed by atoms with E-state index in [1.165, 1.54) is 7.11 Å². The molecule has 1 unspecified atom stereocenters. The second-order valence-corrected chi connectivity index (χ2v) is 4.56. The van der Waals surface area contributed by atoms with Crippen LogP contribution < -0.4 is 10.1 Å². The van der Waals surface area contributed by atoms with E-state index in [4.69, 9.17) is 4.74 Å². The Morgan fingerprint density at radius 2 is 2.05 bits per heavy atom. The fraction of sp³-hybridized carbons (Fsp3) is 0.267. The monoisotopic (exact) mass is 287 g/mol. The maximum Gasteiger partial charge on any atom is 0.312 e. The molecule has 2 rings (SSSR count). The number of carbonyl (C=O) groups is 1. The van der Waals surface area contributed by atoms with E-state index in [0.717, 1.165) is 11.3 Å². The Kier molecular flexibility index (Phi) is 4.71. The van der Waals surface area contributed by atoms with E-state index in [1.807, 2.05) is 25.1 Å². The molecule has 6 heteroatoms. The van der Waals surface area contributed by atoms with Crippen LogP contribution in [0.2, 0.25) is 0 Å². The molecule has 2 aromatic rings. The molecule has 0 aliphatic carbocycles. The minimum absolute atomic E-state index is 0.200. The molecule has 110 valence electrons. The van der Waals surface area contributed by atoms with Gasteiger partial charge in [-0.2, -0.15) is 4.98 Å². The van der Waals surface area contributed by atoms with Gasteiger partial charge in [0.25, 0.3) is 0 Å². The van der Waals surface area contributed by atoms with Gasteiger partial charge in [-0.3, -0.25) is 4.79 Å². The summed E-state index contributed by atoms with van der Waals surface area (Å²) in [6, 6.07) is 10.8. The van der Waals surface area contributed by atoms with E-state index in [9.17, 15) is 9.90 Å². The highest BCUT2D eigenvalue weighted by Crippen LogP contribution is 2.17. The summed E-state index contributed by atoms with van der Waals surface area (Å²) in [6.07, 6.45) is 0. The van der Waals surface area contributed by atoms with E-state index in [2.05, 4.69) is 15.3 Å². The lowest BCUT2D eigenvalue weighted by Crippen LogP contribution is -2.21. The molecule has 6 nitrogen and oxygen atoms in total. The number of aryl methyl sites for hydroxylation is 1. The van der Waals surface area contributed by atoms with Crippen LogP contribution in [0.15, 0.2) is 36.4 Å². The summed E-state index contributed by atoms with van der Waals surface area (Å²) >= 11 is 0. The largest absolute Gasteiger partial charge is 0.481 e. The van der Waals surface area contributed by atoms with Crippen LogP contribution in [-0.4, -0.2) is 34.7 Å². The van der Waals surface area contributed by atoms with Gasteiger partial charge in [-0.15, -0.1) is 0 Å². The molecule has 1 atom stereocenters. The van der Waals surface area contributed by atoms with Crippen LogP contribution in [0.3, 0.4) is 0 Å². The van der Waals surface area contributed by atoms with E-state index in [1.54, 1.807) is 18.2 Å². The molecule has 0 bridgehead atoms. The van der Waals surface area contributed by atoms with E-state index < -0.39 is 11.9 Å². The van der Waals surface area contributed by atoms with Gasteiger partial charge in [-0.05, 0) is 12.5 Å². The van der Waals surface area contributed by atoms with Crippen LogP contribution in [0, 0.1) is 6.92 Å². The highest BCUT2D eigenvalue weighted by Gasteiger charge is 2.19. The molecule has 1 aromatic heterocycles. The molecule has 0 amide bonds. The number of carboxylic acid groups (broad SMARTS) is 1. The van der Waals surface area contributed by atoms with Crippen molar-refractivity contribution < 1.29 is 14.6 Å². The number of benzene rings is 1. The molecule has 0 aliphatic rings. The number of carboxylic acids is 1. The molecule has 0 spiro atoms.